The third-order valence-corrected chi connectivity index (χ3v) is 6.70. The lowest BCUT2D eigenvalue weighted by Gasteiger charge is -2.33. The molecule has 0 saturated carbocycles. The van der Waals surface area contributed by atoms with E-state index in [2.05, 4.69) is 5.32 Å². The Labute approximate surface area is 236 Å². The number of carbonyl (C=O) groups is 2. The molecule has 2 rings (SSSR count). The summed E-state index contributed by atoms with van der Waals surface area (Å²) in [6.07, 6.45) is -0.121. The van der Waals surface area contributed by atoms with E-state index in [1.165, 1.54) is 0 Å². The second-order valence-corrected chi connectivity index (χ2v) is 11.8. The van der Waals surface area contributed by atoms with Crippen LogP contribution in [-0.4, -0.2) is 28.1 Å². The van der Waals surface area contributed by atoms with Gasteiger partial charge in [0.25, 0.3) is 0 Å². The molecule has 0 heterocycles. The smallest absolute Gasteiger partial charge is 0.408 e. The Balaban J connectivity index is 2.77. The van der Waals surface area contributed by atoms with E-state index < -0.39 is 34.2 Å². The molecule has 0 fully saturated rings. The van der Waals surface area contributed by atoms with Crippen LogP contribution in [0.1, 0.15) is 109 Å². The van der Waals surface area contributed by atoms with Crippen LogP contribution in [0.25, 0.3) is 0 Å². The number of nitro groups is 1. The highest BCUT2D eigenvalue weighted by Crippen LogP contribution is 2.40. The van der Waals surface area contributed by atoms with Crippen LogP contribution in [0.3, 0.4) is 0 Å². The number of carbonyl (C=O) groups excluding carboxylic acids is 2. The van der Waals surface area contributed by atoms with Crippen molar-refractivity contribution in [1.82, 2.24) is 5.32 Å². The van der Waals surface area contributed by atoms with Gasteiger partial charge < -0.3 is 14.8 Å². The van der Waals surface area contributed by atoms with Gasteiger partial charge in [0.1, 0.15) is 17.4 Å². The van der Waals surface area contributed by atoms with Crippen molar-refractivity contribution in [3.05, 3.63) is 74.3 Å². The fourth-order valence-electron chi connectivity index (χ4n) is 4.42. The number of rotatable bonds is 11. The van der Waals surface area contributed by atoms with E-state index in [-0.39, 0.29) is 18.3 Å². The van der Waals surface area contributed by atoms with Gasteiger partial charge in [-0.2, -0.15) is 0 Å². The average Bonchev–Trinajstić information content (AvgIpc) is 2.82. The molecule has 0 aliphatic carbocycles. The molecule has 39 heavy (non-hydrogen) atoms. The monoisotopic (exact) mass is 560 g/mol. The van der Waals surface area contributed by atoms with Crippen LogP contribution in [-0.2, 0) is 9.53 Å². The summed E-state index contributed by atoms with van der Waals surface area (Å²) in [4.78, 5) is 39.6. The number of alkyl carbamates (subject to hydrolysis) is 1. The van der Waals surface area contributed by atoms with Crippen LogP contribution in [0.15, 0.2) is 42.5 Å². The fourth-order valence-corrected chi connectivity index (χ4v) is 4.55. The number of hydrogen-bond donors (Lipinski definition) is 1. The van der Waals surface area contributed by atoms with Crippen molar-refractivity contribution < 1.29 is 24.0 Å². The molecule has 0 spiro atoms. The topological polar surface area (TPSA) is 108 Å². The first-order valence-electron chi connectivity index (χ1n) is 13.4. The quantitative estimate of drug-likeness (QED) is 0.129. The van der Waals surface area contributed by atoms with Crippen molar-refractivity contribution in [2.45, 2.75) is 104 Å². The Kier molecular flexibility index (Phi) is 10.9. The number of esters is 1. The van der Waals surface area contributed by atoms with Crippen molar-refractivity contribution in [2.24, 2.45) is 0 Å². The van der Waals surface area contributed by atoms with Gasteiger partial charge in [0.15, 0.2) is 0 Å². The fraction of sp³-hybridized carbons (Fsp3) is 0.533. The summed E-state index contributed by atoms with van der Waals surface area (Å²) < 4.78 is 11.5. The summed E-state index contributed by atoms with van der Waals surface area (Å²) in [5.74, 6) is -0.729. The van der Waals surface area contributed by atoms with Crippen molar-refractivity contribution >= 4 is 23.7 Å². The number of benzene rings is 2. The van der Waals surface area contributed by atoms with Crippen LogP contribution in [0.5, 0.6) is 5.75 Å². The maximum absolute atomic E-state index is 14.2. The van der Waals surface area contributed by atoms with E-state index in [0.717, 1.165) is 11.1 Å². The van der Waals surface area contributed by atoms with Crippen LogP contribution < -0.4 is 10.1 Å². The number of nitrogens with zero attached hydrogens (tertiary/aromatic N) is 1. The molecule has 214 valence electrons. The lowest BCUT2D eigenvalue weighted by Crippen LogP contribution is -2.58. The van der Waals surface area contributed by atoms with E-state index in [1.807, 2.05) is 52.8 Å². The lowest BCUT2D eigenvalue weighted by atomic mass is 9.81. The normalized spacial score (nSPS) is 14.0. The van der Waals surface area contributed by atoms with E-state index in [1.54, 1.807) is 45.0 Å². The molecule has 0 aliphatic heterocycles. The minimum Gasteiger partial charge on any atom is -0.444 e. The Morgan fingerprint density at radius 1 is 1.00 bits per heavy atom. The van der Waals surface area contributed by atoms with Gasteiger partial charge in [-0.25, -0.2) is 9.59 Å². The average molecular weight is 561 g/mol. The summed E-state index contributed by atoms with van der Waals surface area (Å²) in [6.45, 7) is 14.8. The summed E-state index contributed by atoms with van der Waals surface area (Å²) in [7, 11) is 0. The molecule has 0 aliphatic rings. The van der Waals surface area contributed by atoms with Crippen LogP contribution in [0.2, 0.25) is 5.02 Å². The van der Waals surface area contributed by atoms with Crippen molar-refractivity contribution in [1.29, 1.82) is 0 Å². The van der Waals surface area contributed by atoms with Gasteiger partial charge in [-0.1, -0.05) is 83.0 Å². The number of para-hydroxylation sites is 1. The van der Waals surface area contributed by atoms with Gasteiger partial charge in [-0.15, -0.1) is 0 Å². The minimum atomic E-state index is -2.35. The van der Waals surface area contributed by atoms with Crippen LogP contribution in [0, 0.1) is 10.1 Å². The van der Waals surface area contributed by atoms with Gasteiger partial charge in [-0.3, -0.25) is 10.1 Å². The molecule has 8 nitrogen and oxygen atoms in total. The number of amides is 1. The number of halogens is 1. The van der Waals surface area contributed by atoms with Crippen LogP contribution >= 0.6 is 11.6 Å². The predicted octanol–water partition coefficient (Wildman–Crippen LogP) is 7.96. The second-order valence-electron chi connectivity index (χ2n) is 11.4. The zero-order valence-electron chi connectivity index (χ0n) is 24.2. The van der Waals surface area contributed by atoms with Crippen molar-refractivity contribution in [3.63, 3.8) is 0 Å². The predicted molar refractivity (Wildman–Crippen MR) is 153 cm³/mol. The van der Waals surface area contributed by atoms with Crippen molar-refractivity contribution in [3.8, 4) is 5.75 Å². The SMILES string of the molecule is CCCC[C@@](C(=O)Oc1c(C(C)C)cccc1C(C)C)(C(NC(=O)OC(C)(C)C)c1ccc(Cl)cc1)[N+](=O)[O-]. The van der Waals surface area contributed by atoms with E-state index in [0.29, 0.717) is 29.2 Å². The van der Waals surface area contributed by atoms with E-state index in [9.17, 15) is 19.7 Å². The maximum atomic E-state index is 14.2. The molecule has 1 amide bonds. The Hall–Kier alpha value is -3.13. The number of ether oxygens (including phenoxy) is 2. The molecular formula is C30H41ClN2O6. The molecule has 1 unspecified atom stereocenters. The zero-order valence-corrected chi connectivity index (χ0v) is 24.9. The molecule has 2 aromatic rings. The molecule has 9 heteroatoms. The summed E-state index contributed by atoms with van der Waals surface area (Å²) >= 11 is 6.10. The van der Waals surface area contributed by atoms with Gasteiger partial charge in [0.2, 0.25) is 0 Å². The Morgan fingerprint density at radius 2 is 1.54 bits per heavy atom. The second kappa shape index (κ2) is 13.3. The van der Waals surface area contributed by atoms with Crippen LogP contribution in [0.4, 0.5) is 4.79 Å². The molecule has 0 bridgehead atoms. The standard InChI is InChI=1S/C30H41ClN2O6/c1-9-10-18-30(33(36)37,27(34)38-25-23(19(2)3)12-11-13-24(25)20(4)5)26(21-14-16-22(31)17-15-21)32-28(35)39-29(6,7)8/h11-17,19-20,26H,9-10,18H2,1-8H3,(H,32,35)/t26?,30-/m0/s1. The van der Waals surface area contributed by atoms with E-state index in [4.69, 9.17) is 21.1 Å². The molecule has 0 saturated heterocycles. The largest absolute Gasteiger partial charge is 0.444 e. The van der Waals surface area contributed by atoms with Gasteiger partial charge >= 0.3 is 17.6 Å². The summed E-state index contributed by atoms with van der Waals surface area (Å²) in [6, 6.07) is 10.4. The zero-order chi connectivity index (χ0) is 29.5. The molecule has 0 aromatic heterocycles. The first kappa shape index (κ1) is 32.1. The number of unbranched alkanes of at least 4 members (excludes halogenated alkanes) is 1. The number of hydrogen-bond acceptors (Lipinski definition) is 6. The maximum Gasteiger partial charge on any atom is 0.408 e. The summed E-state index contributed by atoms with van der Waals surface area (Å²) in [5, 5.41) is 16.1. The summed E-state index contributed by atoms with van der Waals surface area (Å²) in [5.41, 5.74) is -1.34. The van der Waals surface area contributed by atoms with Gasteiger partial charge in [0, 0.05) is 16.4 Å². The van der Waals surface area contributed by atoms with Gasteiger partial charge in [-0.05, 0) is 67.9 Å². The van der Waals surface area contributed by atoms with Gasteiger partial charge in [0.05, 0.1) is 0 Å². The Morgan fingerprint density at radius 3 is 1.97 bits per heavy atom. The first-order chi connectivity index (χ1) is 18.1. The molecular weight excluding hydrogens is 520 g/mol. The van der Waals surface area contributed by atoms with E-state index >= 15 is 0 Å². The molecule has 0 radical (unpaired) electrons. The first-order valence-corrected chi connectivity index (χ1v) is 13.8. The highest BCUT2D eigenvalue weighted by molar-refractivity contribution is 6.30. The number of nitrogens with one attached hydrogen (secondary N) is 1. The third-order valence-electron chi connectivity index (χ3n) is 6.45. The third kappa shape index (κ3) is 7.94. The molecule has 1 N–H and O–H groups in total. The van der Waals surface area contributed by atoms with Crippen molar-refractivity contribution in [2.75, 3.05) is 0 Å². The Bertz CT molecular complexity index is 1130. The molecule has 2 atom stereocenters. The highest BCUT2D eigenvalue weighted by atomic mass is 35.5. The highest BCUT2D eigenvalue weighted by Gasteiger charge is 2.60. The minimum absolute atomic E-state index is 0.000835. The molecule has 2 aromatic carbocycles. The lowest BCUT2D eigenvalue weighted by molar-refractivity contribution is -0.561.